The molecule has 1 atom stereocenters. The first-order valence-corrected chi connectivity index (χ1v) is 9.22. The summed E-state index contributed by atoms with van der Waals surface area (Å²) < 4.78 is 0. The van der Waals surface area contributed by atoms with Crippen LogP contribution in [0.5, 0.6) is 0 Å². The van der Waals surface area contributed by atoms with Crippen LogP contribution < -0.4 is 10.6 Å². The summed E-state index contributed by atoms with van der Waals surface area (Å²) in [6.07, 6.45) is 1.48. The largest absolute Gasteiger partial charge is 0.342 e. The predicted molar refractivity (Wildman–Crippen MR) is 106 cm³/mol. The molecule has 7 heteroatoms. The molecule has 2 saturated heterocycles. The number of carbonyl (C=O) groups is 2. The van der Waals surface area contributed by atoms with Gasteiger partial charge in [0.2, 0.25) is 11.8 Å². The van der Waals surface area contributed by atoms with Crippen molar-refractivity contribution < 1.29 is 9.59 Å². The van der Waals surface area contributed by atoms with Gasteiger partial charge in [-0.25, -0.2) is 0 Å². The Hall–Kier alpha value is -1.63. The molecule has 2 heterocycles. The zero-order valence-corrected chi connectivity index (χ0v) is 16.1. The van der Waals surface area contributed by atoms with Gasteiger partial charge in [0.1, 0.15) is 0 Å². The Labute approximate surface area is 161 Å². The number of nitrogens with one attached hydrogen (secondary N) is 2. The van der Waals surface area contributed by atoms with Crippen LogP contribution in [-0.4, -0.2) is 66.9 Å². The normalized spacial score (nSPS) is 21.7. The van der Waals surface area contributed by atoms with E-state index in [0.29, 0.717) is 25.7 Å². The smallest absolute Gasteiger partial charge is 0.236 e. The number of nitrogens with zero attached hydrogens (tertiary/aromatic N) is 2. The minimum absolute atomic E-state index is 0. The third kappa shape index (κ3) is 5.43. The highest BCUT2D eigenvalue weighted by Crippen LogP contribution is 2.20. The standard InChI is InChI=1S/C19H28N4O2.ClH/c1-15-13-20-9-12-23(15)14-18(24)22-10-7-16(8-11-22)19(25)21-17-5-3-2-4-6-17;/h2-6,15-16,20H,7-14H2,1H3,(H,21,25);1H/t15-;/m0./s1. The molecule has 2 aliphatic rings. The number of hydrogen-bond donors (Lipinski definition) is 2. The Morgan fingerprint density at radius 3 is 2.50 bits per heavy atom. The molecule has 0 radical (unpaired) electrons. The summed E-state index contributed by atoms with van der Waals surface area (Å²) in [6, 6.07) is 9.93. The molecule has 1 aromatic rings. The molecule has 0 spiro atoms. The topological polar surface area (TPSA) is 64.7 Å². The maximum Gasteiger partial charge on any atom is 0.236 e. The first-order valence-electron chi connectivity index (χ1n) is 9.22. The van der Waals surface area contributed by atoms with Crippen LogP contribution in [0.1, 0.15) is 19.8 Å². The second kappa shape index (κ2) is 9.90. The van der Waals surface area contributed by atoms with Crippen LogP contribution in [0.15, 0.2) is 30.3 Å². The number of anilines is 1. The Morgan fingerprint density at radius 1 is 1.15 bits per heavy atom. The van der Waals surface area contributed by atoms with Crippen LogP contribution in [0.25, 0.3) is 0 Å². The number of benzene rings is 1. The molecule has 0 aliphatic carbocycles. The van der Waals surface area contributed by atoms with Gasteiger partial charge in [0.25, 0.3) is 0 Å². The van der Waals surface area contributed by atoms with E-state index in [9.17, 15) is 9.59 Å². The van der Waals surface area contributed by atoms with Crippen molar-refractivity contribution in [2.75, 3.05) is 44.6 Å². The van der Waals surface area contributed by atoms with E-state index in [1.165, 1.54) is 0 Å². The van der Waals surface area contributed by atoms with Crippen molar-refractivity contribution in [1.82, 2.24) is 15.1 Å². The first kappa shape index (κ1) is 20.7. The van der Waals surface area contributed by atoms with E-state index in [4.69, 9.17) is 0 Å². The monoisotopic (exact) mass is 380 g/mol. The van der Waals surface area contributed by atoms with Gasteiger partial charge >= 0.3 is 0 Å². The zero-order chi connectivity index (χ0) is 17.6. The number of piperidine rings is 1. The van der Waals surface area contributed by atoms with Gasteiger partial charge < -0.3 is 15.5 Å². The van der Waals surface area contributed by atoms with E-state index < -0.39 is 0 Å². The summed E-state index contributed by atoms with van der Waals surface area (Å²) in [5.41, 5.74) is 0.832. The van der Waals surface area contributed by atoms with Crippen molar-refractivity contribution in [2.45, 2.75) is 25.8 Å². The van der Waals surface area contributed by atoms with Crippen LogP contribution in [0, 0.1) is 5.92 Å². The van der Waals surface area contributed by atoms with Gasteiger partial charge in [0.15, 0.2) is 0 Å². The lowest BCUT2D eigenvalue weighted by Crippen LogP contribution is -2.54. The average molecular weight is 381 g/mol. The fraction of sp³-hybridized carbons (Fsp3) is 0.579. The van der Waals surface area contributed by atoms with Gasteiger partial charge in [-0.3, -0.25) is 14.5 Å². The van der Waals surface area contributed by atoms with Crippen LogP contribution in [0.2, 0.25) is 0 Å². The summed E-state index contributed by atoms with van der Waals surface area (Å²) in [5, 5.41) is 6.31. The van der Waals surface area contributed by atoms with Crippen LogP contribution >= 0.6 is 12.4 Å². The molecule has 2 amide bonds. The number of carbonyl (C=O) groups excluding carboxylic acids is 2. The maximum absolute atomic E-state index is 12.5. The predicted octanol–water partition coefficient (Wildman–Crippen LogP) is 1.58. The van der Waals surface area contributed by atoms with E-state index in [0.717, 1.165) is 38.2 Å². The maximum atomic E-state index is 12.5. The molecule has 2 aliphatic heterocycles. The second-order valence-electron chi connectivity index (χ2n) is 7.03. The van der Waals surface area contributed by atoms with Crippen molar-refractivity contribution in [3.8, 4) is 0 Å². The van der Waals surface area contributed by atoms with Gasteiger partial charge in [-0.2, -0.15) is 0 Å². The van der Waals surface area contributed by atoms with E-state index >= 15 is 0 Å². The molecule has 3 rings (SSSR count). The van der Waals surface area contributed by atoms with Gasteiger partial charge in [0.05, 0.1) is 6.54 Å². The minimum Gasteiger partial charge on any atom is -0.342 e. The molecular weight excluding hydrogens is 352 g/mol. The van der Waals surface area contributed by atoms with E-state index in [1.807, 2.05) is 35.2 Å². The van der Waals surface area contributed by atoms with E-state index in [2.05, 4.69) is 22.5 Å². The molecule has 144 valence electrons. The second-order valence-corrected chi connectivity index (χ2v) is 7.03. The van der Waals surface area contributed by atoms with Crippen LogP contribution in [0.4, 0.5) is 5.69 Å². The number of likely N-dealkylation sites (tertiary alicyclic amines) is 1. The van der Waals surface area contributed by atoms with Gasteiger partial charge in [-0.1, -0.05) is 18.2 Å². The molecule has 6 nitrogen and oxygen atoms in total. The summed E-state index contributed by atoms with van der Waals surface area (Å²) in [7, 11) is 0. The highest BCUT2D eigenvalue weighted by atomic mass is 35.5. The first-order chi connectivity index (χ1) is 12.1. The summed E-state index contributed by atoms with van der Waals surface area (Å²) in [4.78, 5) is 29.1. The molecule has 0 unspecified atom stereocenters. The molecular formula is C19H29ClN4O2. The number of hydrogen-bond acceptors (Lipinski definition) is 4. The van der Waals surface area contributed by atoms with E-state index in [-0.39, 0.29) is 30.1 Å². The molecule has 26 heavy (non-hydrogen) atoms. The third-order valence-corrected chi connectivity index (χ3v) is 5.24. The number of amides is 2. The van der Waals surface area contributed by atoms with Gasteiger partial charge in [0, 0.05) is 50.4 Å². The Bertz CT molecular complexity index is 590. The van der Waals surface area contributed by atoms with Crippen molar-refractivity contribution in [2.24, 2.45) is 5.92 Å². The molecule has 2 fully saturated rings. The lowest BCUT2D eigenvalue weighted by Gasteiger charge is -2.36. The Balaban J connectivity index is 0.00000243. The number of para-hydroxylation sites is 1. The Morgan fingerprint density at radius 2 is 1.85 bits per heavy atom. The minimum atomic E-state index is -0.0117. The SMILES string of the molecule is C[C@H]1CNCCN1CC(=O)N1CCC(C(=O)Nc2ccccc2)CC1.Cl. The number of piperazine rings is 1. The fourth-order valence-corrected chi connectivity index (χ4v) is 3.55. The number of halogens is 1. The van der Waals surface area contributed by atoms with Crippen molar-refractivity contribution >= 4 is 29.9 Å². The highest BCUT2D eigenvalue weighted by molar-refractivity contribution is 5.92. The summed E-state index contributed by atoms with van der Waals surface area (Å²) >= 11 is 0. The van der Waals surface area contributed by atoms with Crippen molar-refractivity contribution in [1.29, 1.82) is 0 Å². The molecule has 0 bridgehead atoms. The summed E-state index contributed by atoms with van der Waals surface area (Å²) in [6.45, 7) is 6.79. The quantitative estimate of drug-likeness (QED) is 0.832. The lowest BCUT2D eigenvalue weighted by atomic mass is 9.95. The molecule has 1 aromatic carbocycles. The molecule has 2 N–H and O–H groups in total. The van der Waals surface area contributed by atoms with Gasteiger partial charge in [-0.05, 0) is 31.9 Å². The van der Waals surface area contributed by atoms with Crippen LogP contribution in [-0.2, 0) is 9.59 Å². The third-order valence-electron chi connectivity index (χ3n) is 5.24. The molecule has 0 aromatic heterocycles. The number of rotatable bonds is 4. The molecule has 0 saturated carbocycles. The van der Waals surface area contributed by atoms with Crippen molar-refractivity contribution in [3.05, 3.63) is 30.3 Å². The highest BCUT2D eigenvalue weighted by Gasteiger charge is 2.29. The van der Waals surface area contributed by atoms with Crippen LogP contribution in [0.3, 0.4) is 0 Å². The van der Waals surface area contributed by atoms with Crippen molar-refractivity contribution in [3.63, 3.8) is 0 Å². The summed E-state index contributed by atoms with van der Waals surface area (Å²) in [5.74, 6) is 0.243. The van der Waals surface area contributed by atoms with E-state index in [1.54, 1.807) is 0 Å². The van der Waals surface area contributed by atoms with Gasteiger partial charge in [-0.15, -0.1) is 12.4 Å². The fourth-order valence-electron chi connectivity index (χ4n) is 3.55. The lowest BCUT2D eigenvalue weighted by molar-refractivity contribution is -0.136. The Kier molecular flexibility index (Phi) is 7.87. The average Bonchev–Trinajstić information content (AvgIpc) is 2.64. The zero-order valence-electron chi connectivity index (χ0n) is 15.3.